The summed E-state index contributed by atoms with van der Waals surface area (Å²) < 4.78 is 0. The Kier molecular flexibility index (Phi) is 4.43. The first-order valence-electron chi connectivity index (χ1n) is 4.99. The van der Waals surface area contributed by atoms with E-state index in [0.717, 1.165) is 11.1 Å². The lowest BCUT2D eigenvalue weighted by Crippen LogP contribution is -2.24. The SMILES string of the molecule is CC#CCCNC(=O)c1ccccc1C. The maximum atomic E-state index is 11.7. The Morgan fingerprint density at radius 1 is 1.40 bits per heavy atom. The summed E-state index contributed by atoms with van der Waals surface area (Å²) in [5, 5.41) is 2.83. The maximum absolute atomic E-state index is 11.7. The first-order valence-corrected chi connectivity index (χ1v) is 4.99. The number of hydrogen-bond acceptors (Lipinski definition) is 1. The molecule has 2 heteroatoms. The van der Waals surface area contributed by atoms with E-state index in [-0.39, 0.29) is 5.91 Å². The number of nitrogens with one attached hydrogen (secondary N) is 1. The van der Waals surface area contributed by atoms with Crippen LogP contribution in [0.3, 0.4) is 0 Å². The predicted molar refractivity (Wildman–Crippen MR) is 61.6 cm³/mol. The van der Waals surface area contributed by atoms with Crippen LogP contribution in [-0.2, 0) is 0 Å². The van der Waals surface area contributed by atoms with Crippen molar-refractivity contribution in [3.05, 3.63) is 35.4 Å². The molecule has 1 aromatic carbocycles. The van der Waals surface area contributed by atoms with Crippen molar-refractivity contribution in [1.82, 2.24) is 5.32 Å². The van der Waals surface area contributed by atoms with Crippen LogP contribution in [0.25, 0.3) is 0 Å². The molecule has 15 heavy (non-hydrogen) atoms. The highest BCUT2D eigenvalue weighted by atomic mass is 16.1. The molecule has 0 unspecified atom stereocenters. The molecule has 0 atom stereocenters. The van der Waals surface area contributed by atoms with Gasteiger partial charge in [0.1, 0.15) is 0 Å². The molecule has 1 aromatic rings. The van der Waals surface area contributed by atoms with E-state index < -0.39 is 0 Å². The van der Waals surface area contributed by atoms with Crippen LogP contribution in [0.5, 0.6) is 0 Å². The highest BCUT2D eigenvalue weighted by Crippen LogP contribution is 2.06. The van der Waals surface area contributed by atoms with Gasteiger partial charge in [-0.05, 0) is 25.5 Å². The van der Waals surface area contributed by atoms with Crippen molar-refractivity contribution in [3.8, 4) is 11.8 Å². The number of aryl methyl sites for hydroxylation is 1. The second kappa shape index (κ2) is 5.87. The molecular formula is C13H15NO. The standard InChI is InChI=1S/C13H15NO/c1-3-4-7-10-14-13(15)12-9-6-5-8-11(12)2/h5-6,8-9H,7,10H2,1-2H3,(H,14,15). The highest BCUT2D eigenvalue weighted by Gasteiger charge is 2.05. The third kappa shape index (κ3) is 3.47. The van der Waals surface area contributed by atoms with Crippen molar-refractivity contribution in [1.29, 1.82) is 0 Å². The molecule has 0 fully saturated rings. The lowest BCUT2D eigenvalue weighted by atomic mass is 10.1. The van der Waals surface area contributed by atoms with E-state index in [9.17, 15) is 4.79 Å². The Morgan fingerprint density at radius 3 is 2.80 bits per heavy atom. The van der Waals surface area contributed by atoms with Crippen LogP contribution < -0.4 is 5.32 Å². The van der Waals surface area contributed by atoms with Crippen molar-refractivity contribution in [2.45, 2.75) is 20.3 Å². The third-order valence-electron chi connectivity index (χ3n) is 2.10. The Hall–Kier alpha value is -1.75. The molecule has 0 radical (unpaired) electrons. The zero-order chi connectivity index (χ0) is 11.1. The molecule has 1 N–H and O–H groups in total. The number of carbonyl (C=O) groups excluding carboxylic acids is 1. The van der Waals surface area contributed by atoms with Gasteiger partial charge in [0.05, 0.1) is 0 Å². The van der Waals surface area contributed by atoms with Crippen molar-refractivity contribution in [3.63, 3.8) is 0 Å². The minimum absolute atomic E-state index is 0.0222. The van der Waals surface area contributed by atoms with Gasteiger partial charge in [0.25, 0.3) is 5.91 Å². The van der Waals surface area contributed by atoms with Gasteiger partial charge in [0.2, 0.25) is 0 Å². The van der Waals surface area contributed by atoms with E-state index in [4.69, 9.17) is 0 Å². The molecule has 2 nitrogen and oxygen atoms in total. The van der Waals surface area contributed by atoms with Crippen LogP contribution in [0, 0.1) is 18.8 Å². The van der Waals surface area contributed by atoms with E-state index in [0.29, 0.717) is 13.0 Å². The quantitative estimate of drug-likeness (QED) is 0.589. The fourth-order valence-electron chi connectivity index (χ4n) is 1.29. The normalized spacial score (nSPS) is 8.93. The maximum Gasteiger partial charge on any atom is 0.251 e. The molecule has 1 amide bonds. The van der Waals surface area contributed by atoms with Gasteiger partial charge in [-0.15, -0.1) is 11.8 Å². The summed E-state index contributed by atoms with van der Waals surface area (Å²) in [6.07, 6.45) is 0.703. The minimum Gasteiger partial charge on any atom is -0.351 e. The summed E-state index contributed by atoms with van der Waals surface area (Å²) in [6.45, 7) is 4.33. The van der Waals surface area contributed by atoms with Gasteiger partial charge in [-0.1, -0.05) is 18.2 Å². The van der Waals surface area contributed by atoms with Gasteiger partial charge in [-0.25, -0.2) is 0 Å². The molecule has 1 rings (SSSR count). The minimum atomic E-state index is -0.0222. The molecule has 0 heterocycles. The number of rotatable bonds is 3. The van der Waals surface area contributed by atoms with Crippen LogP contribution in [-0.4, -0.2) is 12.5 Å². The molecule has 0 aliphatic heterocycles. The molecule has 0 aromatic heterocycles. The molecule has 0 bridgehead atoms. The van der Waals surface area contributed by atoms with Gasteiger partial charge < -0.3 is 5.32 Å². The fourth-order valence-corrected chi connectivity index (χ4v) is 1.29. The zero-order valence-electron chi connectivity index (χ0n) is 9.13. The third-order valence-corrected chi connectivity index (χ3v) is 2.10. The topological polar surface area (TPSA) is 29.1 Å². The smallest absolute Gasteiger partial charge is 0.251 e. The van der Waals surface area contributed by atoms with Crippen molar-refractivity contribution in [2.75, 3.05) is 6.54 Å². The Morgan fingerprint density at radius 2 is 2.13 bits per heavy atom. The van der Waals surface area contributed by atoms with Crippen LogP contribution >= 0.6 is 0 Å². The van der Waals surface area contributed by atoms with E-state index in [1.165, 1.54) is 0 Å². The van der Waals surface area contributed by atoms with Crippen LogP contribution in [0.2, 0.25) is 0 Å². The summed E-state index contributed by atoms with van der Waals surface area (Å²) in [7, 11) is 0. The largest absolute Gasteiger partial charge is 0.351 e. The summed E-state index contributed by atoms with van der Waals surface area (Å²) in [6, 6.07) is 7.55. The summed E-state index contributed by atoms with van der Waals surface area (Å²) >= 11 is 0. The molecule has 0 aliphatic rings. The Balaban J connectivity index is 2.53. The first kappa shape index (κ1) is 11.3. The summed E-state index contributed by atoms with van der Waals surface area (Å²) in [4.78, 5) is 11.7. The predicted octanol–water partition coefficient (Wildman–Crippen LogP) is 2.14. The first-order chi connectivity index (χ1) is 7.25. The average molecular weight is 201 g/mol. The van der Waals surface area contributed by atoms with Crippen molar-refractivity contribution < 1.29 is 4.79 Å². The lowest BCUT2D eigenvalue weighted by molar-refractivity contribution is 0.0954. The molecule has 0 aliphatic carbocycles. The van der Waals surface area contributed by atoms with Crippen molar-refractivity contribution in [2.24, 2.45) is 0 Å². The van der Waals surface area contributed by atoms with E-state index in [1.54, 1.807) is 6.92 Å². The summed E-state index contributed by atoms with van der Waals surface area (Å²) in [5.41, 5.74) is 1.73. The lowest BCUT2D eigenvalue weighted by Gasteiger charge is -2.05. The average Bonchev–Trinajstić information content (AvgIpc) is 2.25. The molecule has 0 saturated heterocycles. The number of amides is 1. The van der Waals surface area contributed by atoms with Gasteiger partial charge in [-0.2, -0.15) is 0 Å². The van der Waals surface area contributed by atoms with Gasteiger partial charge in [-0.3, -0.25) is 4.79 Å². The molecule has 78 valence electrons. The van der Waals surface area contributed by atoms with Gasteiger partial charge in [0, 0.05) is 18.5 Å². The molecular weight excluding hydrogens is 186 g/mol. The number of carbonyl (C=O) groups is 1. The van der Waals surface area contributed by atoms with Crippen LogP contribution in [0.4, 0.5) is 0 Å². The van der Waals surface area contributed by atoms with E-state index in [2.05, 4.69) is 17.2 Å². The van der Waals surface area contributed by atoms with Crippen LogP contribution in [0.15, 0.2) is 24.3 Å². The van der Waals surface area contributed by atoms with Crippen LogP contribution in [0.1, 0.15) is 29.3 Å². The summed E-state index contributed by atoms with van der Waals surface area (Å²) in [5.74, 6) is 5.67. The zero-order valence-corrected chi connectivity index (χ0v) is 9.13. The Labute approximate surface area is 90.7 Å². The second-order valence-corrected chi connectivity index (χ2v) is 3.25. The molecule has 0 spiro atoms. The van der Waals surface area contributed by atoms with E-state index in [1.807, 2.05) is 31.2 Å². The second-order valence-electron chi connectivity index (χ2n) is 3.25. The fraction of sp³-hybridized carbons (Fsp3) is 0.308. The van der Waals surface area contributed by atoms with Crippen molar-refractivity contribution >= 4 is 5.91 Å². The van der Waals surface area contributed by atoms with Gasteiger partial charge >= 0.3 is 0 Å². The molecule has 0 saturated carbocycles. The van der Waals surface area contributed by atoms with E-state index >= 15 is 0 Å². The number of hydrogen-bond donors (Lipinski definition) is 1. The Bertz CT molecular complexity index is 398. The monoisotopic (exact) mass is 201 g/mol. The number of benzene rings is 1. The van der Waals surface area contributed by atoms with Gasteiger partial charge in [0.15, 0.2) is 0 Å². The highest BCUT2D eigenvalue weighted by molar-refractivity contribution is 5.95.